The van der Waals surface area contributed by atoms with Crippen LogP contribution < -0.4 is 20.3 Å². The second kappa shape index (κ2) is 10.3. The van der Waals surface area contributed by atoms with Gasteiger partial charge in [-0.15, -0.1) is 0 Å². The van der Waals surface area contributed by atoms with Gasteiger partial charge in [-0.2, -0.15) is 0 Å². The van der Waals surface area contributed by atoms with Gasteiger partial charge in [-0.3, -0.25) is 4.79 Å². The third kappa shape index (κ3) is 5.08. The monoisotopic (exact) mass is 437 g/mol. The number of nitrogens with one attached hydrogen (secondary N) is 2. The highest BCUT2D eigenvalue weighted by Gasteiger charge is 2.17. The highest BCUT2D eigenvalue weighted by atomic mass is 16.5. The molecule has 0 atom stereocenters. The summed E-state index contributed by atoms with van der Waals surface area (Å²) in [6.07, 6.45) is 0.630. The van der Waals surface area contributed by atoms with Crippen molar-refractivity contribution in [2.24, 2.45) is 4.99 Å². The Morgan fingerprint density at radius 1 is 1.19 bits per heavy atom. The molecular formula is C24H31N5O3. The van der Waals surface area contributed by atoms with Crippen molar-refractivity contribution in [1.82, 2.24) is 20.2 Å². The third-order valence-corrected chi connectivity index (χ3v) is 5.31. The first-order valence-electron chi connectivity index (χ1n) is 10.6. The molecule has 0 amide bonds. The van der Waals surface area contributed by atoms with E-state index in [-0.39, 0.29) is 5.56 Å². The van der Waals surface area contributed by atoms with Crippen LogP contribution in [0.2, 0.25) is 0 Å². The minimum atomic E-state index is -0.180. The van der Waals surface area contributed by atoms with Gasteiger partial charge in [-0.05, 0) is 31.0 Å². The number of benzene rings is 2. The number of methoxy groups -OCH3 is 2. The first-order chi connectivity index (χ1) is 15.4. The first-order valence-corrected chi connectivity index (χ1v) is 10.6. The van der Waals surface area contributed by atoms with E-state index in [1.807, 2.05) is 57.1 Å². The average molecular weight is 438 g/mol. The Labute approximate surface area is 188 Å². The van der Waals surface area contributed by atoms with E-state index in [1.165, 1.54) is 0 Å². The number of fused-ring (bicyclic) bond motifs is 1. The molecule has 3 rings (SSSR count). The van der Waals surface area contributed by atoms with Crippen LogP contribution in [0.3, 0.4) is 0 Å². The molecule has 2 aromatic carbocycles. The minimum Gasteiger partial charge on any atom is -0.493 e. The molecule has 32 heavy (non-hydrogen) atoms. The van der Waals surface area contributed by atoms with E-state index in [4.69, 9.17) is 9.47 Å². The maximum atomic E-state index is 12.8. The lowest BCUT2D eigenvalue weighted by Gasteiger charge is -2.14. The van der Waals surface area contributed by atoms with Crippen molar-refractivity contribution >= 4 is 22.4 Å². The summed E-state index contributed by atoms with van der Waals surface area (Å²) < 4.78 is 10.9. The van der Waals surface area contributed by atoms with Gasteiger partial charge in [0.25, 0.3) is 5.56 Å². The van der Waals surface area contributed by atoms with Crippen molar-refractivity contribution in [2.75, 3.05) is 28.3 Å². The van der Waals surface area contributed by atoms with E-state index < -0.39 is 0 Å². The Morgan fingerprint density at radius 2 is 1.97 bits per heavy atom. The minimum absolute atomic E-state index is 0.180. The number of amidine groups is 1. The summed E-state index contributed by atoms with van der Waals surface area (Å²) >= 11 is 0. The molecule has 8 heteroatoms. The fraction of sp³-hybridized carbons (Fsp3) is 0.375. The molecule has 8 nitrogen and oxygen atoms in total. The molecule has 1 heterocycles. The molecule has 0 bridgehead atoms. The molecule has 0 aliphatic carbocycles. The van der Waals surface area contributed by atoms with E-state index in [1.54, 1.807) is 20.3 Å². The van der Waals surface area contributed by atoms with Gasteiger partial charge in [0.2, 0.25) is 0 Å². The summed E-state index contributed by atoms with van der Waals surface area (Å²) in [5, 5.41) is 3.88. The maximum Gasteiger partial charge on any atom is 0.259 e. The fourth-order valence-corrected chi connectivity index (χ4v) is 3.53. The van der Waals surface area contributed by atoms with Crippen molar-refractivity contribution in [2.45, 2.75) is 33.4 Å². The van der Waals surface area contributed by atoms with Crippen molar-refractivity contribution in [3.63, 3.8) is 0 Å². The van der Waals surface area contributed by atoms with Gasteiger partial charge < -0.3 is 24.7 Å². The summed E-state index contributed by atoms with van der Waals surface area (Å²) in [5.74, 6) is 2.65. The van der Waals surface area contributed by atoms with E-state index in [9.17, 15) is 4.79 Å². The topological polar surface area (TPSA) is 91.8 Å². The molecule has 0 fully saturated rings. The van der Waals surface area contributed by atoms with Crippen molar-refractivity contribution in [3.05, 3.63) is 57.6 Å². The van der Waals surface area contributed by atoms with Crippen LogP contribution in [-0.2, 0) is 19.5 Å². The molecule has 0 saturated carbocycles. The van der Waals surface area contributed by atoms with Crippen molar-refractivity contribution in [1.29, 1.82) is 0 Å². The predicted octanol–water partition coefficient (Wildman–Crippen LogP) is 3.40. The largest absolute Gasteiger partial charge is 0.493 e. The van der Waals surface area contributed by atoms with Crippen LogP contribution in [0.25, 0.3) is 10.9 Å². The van der Waals surface area contributed by atoms with E-state index in [2.05, 4.69) is 20.3 Å². The van der Waals surface area contributed by atoms with Gasteiger partial charge in [0.05, 0.1) is 37.4 Å². The SMILES string of the molecule is CCc1c(OC)c(OC)cc2nc(CNCc3cccc(N=C(C)N(C)C)c3)[nH]c(=O)c12. The van der Waals surface area contributed by atoms with Gasteiger partial charge in [0.15, 0.2) is 11.5 Å². The number of aryl methyl sites for hydroxylation is 1. The Bertz CT molecular complexity index is 1180. The number of ether oxygens (including phenoxy) is 2. The number of aromatic nitrogens is 2. The lowest BCUT2D eigenvalue weighted by molar-refractivity contribution is 0.353. The van der Waals surface area contributed by atoms with E-state index >= 15 is 0 Å². The Kier molecular flexibility index (Phi) is 7.48. The molecular weight excluding hydrogens is 406 g/mol. The second-order valence-corrected chi connectivity index (χ2v) is 7.68. The van der Waals surface area contributed by atoms with E-state index in [0.717, 1.165) is 22.6 Å². The average Bonchev–Trinajstić information content (AvgIpc) is 2.77. The number of aromatic amines is 1. The summed E-state index contributed by atoms with van der Waals surface area (Å²) in [6, 6.07) is 9.80. The van der Waals surface area contributed by atoms with Gasteiger partial charge in [-0.1, -0.05) is 19.1 Å². The number of H-pyrrole nitrogens is 1. The molecule has 0 aliphatic rings. The number of rotatable bonds is 8. The van der Waals surface area contributed by atoms with Crippen LogP contribution in [0.4, 0.5) is 5.69 Å². The maximum absolute atomic E-state index is 12.8. The van der Waals surface area contributed by atoms with Gasteiger partial charge in [0, 0.05) is 32.3 Å². The lowest BCUT2D eigenvalue weighted by atomic mass is 10.0. The Hall–Kier alpha value is -3.39. The van der Waals surface area contributed by atoms with Crippen LogP contribution in [0.15, 0.2) is 40.1 Å². The van der Waals surface area contributed by atoms with Crippen molar-refractivity contribution < 1.29 is 9.47 Å². The number of nitrogens with zero attached hydrogens (tertiary/aromatic N) is 3. The molecule has 0 spiro atoms. The van der Waals surface area contributed by atoms with Crippen LogP contribution in [0.1, 0.15) is 30.8 Å². The van der Waals surface area contributed by atoms with Crippen LogP contribution in [-0.4, -0.2) is 49.0 Å². The molecule has 0 aliphatic heterocycles. The zero-order valence-electron chi connectivity index (χ0n) is 19.6. The molecule has 170 valence electrons. The zero-order chi connectivity index (χ0) is 23.3. The predicted molar refractivity (Wildman–Crippen MR) is 128 cm³/mol. The summed E-state index contributed by atoms with van der Waals surface area (Å²) in [4.78, 5) is 27.0. The smallest absolute Gasteiger partial charge is 0.259 e. The summed E-state index contributed by atoms with van der Waals surface area (Å²) in [7, 11) is 7.09. The summed E-state index contributed by atoms with van der Waals surface area (Å²) in [5.41, 5.74) is 3.21. The lowest BCUT2D eigenvalue weighted by Crippen LogP contribution is -2.20. The standard InChI is InChI=1S/C24H31N5O3/c1-7-18-22-19(12-20(31-5)23(18)32-6)27-21(28-24(22)30)14-25-13-16-9-8-10-17(11-16)26-15(2)29(3)4/h8-12,25H,7,13-14H2,1-6H3,(H,27,28,30). The highest BCUT2D eigenvalue weighted by Crippen LogP contribution is 2.35. The molecule has 0 saturated heterocycles. The van der Waals surface area contributed by atoms with Crippen LogP contribution >= 0.6 is 0 Å². The molecule has 3 aromatic rings. The van der Waals surface area contributed by atoms with Gasteiger partial charge in [0.1, 0.15) is 11.7 Å². The van der Waals surface area contributed by atoms with Gasteiger partial charge in [-0.25, -0.2) is 9.98 Å². The van der Waals surface area contributed by atoms with Crippen LogP contribution in [0, 0.1) is 0 Å². The molecule has 0 radical (unpaired) electrons. The number of hydrogen-bond donors (Lipinski definition) is 2. The van der Waals surface area contributed by atoms with E-state index in [0.29, 0.717) is 47.7 Å². The molecule has 0 unspecified atom stereocenters. The summed E-state index contributed by atoms with van der Waals surface area (Å²) in [6.45, 7) is 4.99. The highest BCUT2D eigenvalue weighted by molar-refractivity contribution is 5.86. The number of hydrogen-bond acceptors (Lipinski definition) is 6. The quantitative estimate of drug-likeness (QED) is 0.415. The number of aliphatic imine (C=N–C) groups is 1. The third-order valence-electron chi connectivity index (χ3n) is 5.31. The van der Waals surface area contributed by atoms with Gasteiger partial charge >= 0.3 is 0 Å². The first kappa shape index (κ1) is 23.3. The molecule has 1 aromatic heterocycles. The normalized spacial score (nSPS) is 11.6. The molecule has 2 N–H and O–H groups in total. The Balaban J connectivity index is 1.81. The zero-order valence-corrected chi connectivity index (χ0v) is 19.6. The van der Waals surface area contributed by atoms with Crippen molar-refractivity contribution in [3.8, 4) is 11.5 Å². The fourth-order valence-electron chi connectivity index (χ4n) is 3.53. The van der Waals surface area contributed by atoms with Crippen LogP contribution in [0.5, 0.6) is 11.5 Å². The second-order valence-electron chi connectivity index (χ2n) is 7.68. The Morgan fingerprint density at radius 3 is 2.62 bits per heavy atom.